The summed E-state index contributed by atoms with van der Waals surface area (Å²) in [5.74, 6) is 0.794. The van der Waals surface area contributed by atoms with Crippen molar-refractivity contribution < 1.29 is 4.74 Å². The largest absolute Gasteiger partial charge is 0.492 e. The van der Waals surface area contributed by atoms with Crippen LogP contribution in [0.25, 0.3) is 0 Å². The number of hydrogen-bond donors (Lipinski definition) is 1. The van der Waals surface area contributed by atoms with Crippen LogP contribution < -0.4 is 10.5 Å². The third-order valence-corrected chi connectivity index (χ3v) is 3.42. The predicted molar refractivity (Wildman–Crippen MR) is 81.8 cm³/mol. The predicted octanol–water partition coefficient (Wildman–Crippen LogP) is 3.30. The van der Waals surface area contributed by atoms with Gasteiger partial charge in [0.15, 0.2) is 0 Å². The van der Waals surface area contributed by atoms with E-state index in [1.54, 1.807) is 0 Å². The standard InChI is InChI=1S/C15H25ClN2O/c1-11(2)18(12(3)4)7-8-19-15-9-14(16)6-5-13(15)10-17/h5-6,9,11-12H,7-8,10,17H2,1-4H3. The SMILES string of the molecule is CC(C)N(CCOc1cc(Cl)ccc1CN)C(C)C. The normalized spacial score (nSPS) is 11.6. The average Bonchev–Trinajstić information content (AvgIpc) is 2.33. The second kappa shape index (κ2) is 7.73. The summed E-state index contributed by atoms with van der Waals surface area (Å²) in [7, 11) is 0. The van der Waals surface area contributed by atoms with E-state index in [0.717, 1.165) is 17.9 Å². The molecule has 1 aromatic carbocycles. The maximum Gasteiger partial charge on any atom is 0.125 e. The first-order valence-electron chi connectivity index (χ1n) is 6.82. The number of halogens is 1. The molecule has 0 heterocycles. The van der Waals surface area contributed by atoms with Gasteiger partial charge >= 0.3 is 0 Å². The molecule has 0 fully saturated rings. The fourth-order valence-corrected chi connectivity index (χ4v) is 2.37. The van der Waals surface area contributed by atoms with Gasteiger partial charge in [-0.25, -0.2) is 0 Å². The second-order valence-corrected chi connectivity index (χ2v) is 5.67. The van der Waals surface area contributed by atoms with E-state index in [4.69, 9.17) is 22.1 Å². The van der Waals surface area contributed by atoms with Crippen LogP contribution >= 0.6 is 11.6 Å². The molecule has 0 bridgehead atoms. The lowest BCUT2D eigenvalue weighted by molar-refractivity contribution is 0.141. The van der Waals surface area contributed by atoms with E-state index < -0.39 is 0 Å². The fourth-order valence-electron chi connectivity index (χ4n) is 2.21. The maximum absolute atomic E-state index is 5.98. The van der Waals surface area contributed by atoms with Gasteiger partial charge in [0.1, 0.15) is 12.4 Å². The third kappa shape index (κ3) is 5.01. The van der Waals surface area contributed by atoms with Crippen molar-refractivity contribution >= 4 is 11.6 Å². The van der Waals surface area contributed by atoms with Crippen LogP contribution in [0.4, 0.5) is 0 Å². The molecule has 4 heteroatoms. The van der Waals surface area contributed by atoms with E-state index >= 15 is 0 Å². The van der Waals surface area contributed by atoms with Gasteiger partial charge in [0, 0.05) is 35.8 Å². The Morgan fingerprint density at radius 2 is 1.84 bits per heavy atom. The smallest absolute Gasteiger partial charge is 0.125 e. The van der Waals surface area contributed by atoms with Gasteiger partial charge in [-0.05, 0) is 39.8 Å². The number of hydrogen-bond acceptors (Lipinski definition) is 3. The summed E-state index contributed by atoms with van der Waals surface area (Å²) in [5, 5.41) is 0.678. The van der Waals surface area contributed by atoms with Gasteiger partial charge < -0.3 is 10.5 Å². The Kier molecular flexibility index (Phi) is 6.63. The summed E-state index contributed by atoms with van der Waals surface area (Å²) in [5.41, 5.74) is 6.69. The highest BCUT2D eigenvalue weighted by Gasteiger charge is 2.13. The first kappa shape index (κ1) is 16.3. The van der Waals surface area contributed by atoms with E-state index in [9.17, 15) is 0 Å². The summed E-state index contributed by atoms with van der Waals surface area (Å²) < 4.78 is 5.83. The van der Waals surface area contributed by atoms with E-state index in [1.165, 1.54) is 0 Å². The van der Waals surface area contributed by atoms with Crippen LogP contribution in [-0.4, -0.2) is 30.1 Å². The molecule has 108 valence electrons. The molecule has 0 radical (unpaired) electrons. The van der Waals surface area contributed by atoms with Gasteiger partial charge in [-0.2, -0.15) is 0 Å². The molecule has 1 aromatic rings. The van der Waals surface area contributed by atoms with Crippen LogP contribution in [0.5, 0.6) is 5.75 Å². The van der Waals surface area contributed by atoms with Crippen molar-refractivity contribution in [3.8, 4) is 5.75 Å². The minimum atomic E-state index is 0.463. The molecule has 0 amide bonds. The molecule has 0 unspecified atom stereocenters. The summed E-state index contributed by atoms with van der Waals surface area (Å²) in [6, 6.07) is 6.61. The Morgan fingerprint density at radius 1 is 1.21 bits per heavy atom. The van der Waals surface area contributed by atoms with Crippen LogP contribution in [0.15, 0.2) is 18.2 Å². The zero-order valence-corrected chi connectivity index (χ0v) is 13.1. The molecule has 0 aromatic heterocycles. The Balaban J connectivity index is 2.59. The van der Waals surface area contributed by atoms with Gasteiger partial charge in [0.05, 0.1) is 0 Å². The molecule has 1 rings (SSSR count). The zero-order valence-electron chi connectivity index (χ0n) is 12.3. The van der Waals surface area contributed by atoms with Gasteiger partial charge in [0.25, 0.3) is 0 Å². The van der Waals surface area contributed by atoms with Crippen molar-refractivity contribution in [3.05, 3.63) is 28.8 Å². The van der Waals surface area contributed by atoms with Gasteiger partial charge in [-0.3, -0.25) is 4.90 Å². The molecule has 2 N–H and O–H groups in total. The highest BCUT2D eigenvalue weighted by molar-refractivity contribution is 6.30. The molecule has 0 aliphatic rings. The number of rotatable bonds is 7. The van der Waals surface area contributed by atoms with E-state index in [-0.39, 0.29) is 0 Å². The number of benzene rings is 1. The lowest BCUT2D eigenvalue weighted by atomic mass is 10.2. The Morgan fingerprint density at radius 3 is 2.37 bits per heavy atom. The highest BCUT2D eigenvalue weighted by atomic mass is 35.5. The molecular formula is C15H25ClN2O. The van der Waals surface area contributed by atoms with Gasteiger partial charge in [0.2, 0.25) is 0 Å². The van der Waals surface area contributed by atoms with Crippen LogP contribution in [0.1, 0.15) is 33.3 Å². The lowest BCUT2D eigenvalue weighted by Gasteiger charge is -2.30. The first-order chi connectivity index (χ1) is 8.95. The Hall–Kier alpha value is -0.770. The molecule has 3 nitrogen and oxygen atoms in total. The number of ether oxygens (including phenoxy) is 1. The number of nitrogens with two attached hydrogens (primary N) is 1. The van der Waals surface area contributed by atoms with Crippen LogP contribution in [-0.2, 0) is 6.54 Å². The summed E-state index contributed by atoms with van der Waals surface area (Å²) in [4.78, 5) is 2.40. The van der Waals surface area contributed by atoms with Gasteiger partial charge in [-0.15, -0.1) is 0 Å². The van der Waals surface area contributed by atoms with E-state index in [1.807, 2.05) is 18.2 Å². The highest BCUT2D eigenvalue weighted by Crippen LogP contribution is 2.23. The van der Waals surface area contributed by atoms with Crippen molar-refractivity contribution in [1.82, 2.24) is 4.90 Å². The summed E-state index contributed by atoms with van der Waals surface area (Å²) >= 11 is 5.98. The topological polar surface area (TPSA) is 38.5 Å². The quantitative estimate of drug-likeness (QED) is 0.835. The van der Waals surface area contributed by atoms with Crippen LogP contribution in [0.2, 0.25) is 5.02 Å². The zero-order chi connectivity index (χ0) is 14.4. The molecule has 0 saturated carbocycles. The van der Waals surface area contributed by atoms with Crippen LogP contribution in [0, 0.1) is 0 Å². The Bertz CT molecular complexity index is 386. The van der Waals surface area contributed by atoms with Crippen molar-refractivity contribution in [2.24, 2.45) is 5.73 Å². The molecule has 0 atom stereocenters. The first-order valence-corrected chi connectivity index (χ1v) is 7.20. The van der Waals surface area contributed by atoms with E-state index in [0.29, 0.717) is 30.3 Å². The molecule has 19 heavy (non-hydrogen) atoms. The lowest BCUT2D eigenvalue weighted by Crippen LogP contribution is -2.39. The molecular weight excluding hydrogens is 260 g/mol. The van der Waals surface area contributed by atoms with Crippen molar-refractivity contribution in [3.63, 3.8) is 0 Å². The summed E-state index contributed by atoms with van der Waals surface area (Å²) in [6.07, 6.45) is 0. The molecule has 0 aliphatic carbocycles. The van der Waals surface area contributed by atoms with Crippen LogP contribution in [0.3, 0.4) is 0 Å². The van der Waals surface area contributed by atoms with Gasteiger partial charge in [-0.1, -0.05) is 17.7 Å². The van der Waals surface area contributed by atoms with E-state index in [2.05, 4.69) is 32.6 Å². The monoisotopic (exact) mass is 284 g/mol. The van der Waals surface area contributed by atoms with Crippen molar-refractivity contribution in [2.45, 2.75) is 46.3 Å². The number of nitrogens with zero attached hydrogens (tertiary/aromatic N) is 1. The maximum atomic E-state index is 5.98. The Labute approximate surface area is 121 Å². The minimum absolute atomic E-state index is 0.463. The molecule has 0 aliphatic heterocycles. The molecule has 0 spiro atoms. The minimum Gasteiger partial charge on any atom is -0.492 e. The third-order valence-electron chi connectivity index (χ3n) is 3.18. The van der Waals surface area contributed by atoms with Crippen molar-refractivity contribution in [2.75, 3.05) is 13.2 Å². The van der Waals surface area contributed by atoms with Crippen molar-refractivity contribution in [1.29, 1.82) is 0 Å². The fraction of sp³-hybridized carbons (Fsp3) is 0.600. The molecule has 0 saturated heterocycles. The summed E-state index contributed by atoms with van der Waals surface area (Å²) in [6.45, 7) is 10.8. The average molecular weight is 285 g/mol. The second-order valence-electron chi connectivity index (χ2n) is 5.23.